The molecule has 94 valence electrons. The Morgan fingerprint density at radius 1 is 1.50 bits per heavy atom. The smallest absolute Gasteiger partial charge is 0.273 e. The van der Waals surface area contributed by atoms with Crippen molar-refractivity contribution < 1.29 is 4.92 Å². The van der Waals surface area contributed by atoms with Crippen LogP contribution in [0, 0.1) is 17.0 Å². The molecule has 2 aromatic rings. The third-order valence-corrected chi connectivity index (χ3v) is 2.75. The third-order valence-electron chi connectivity index (χ3n) is 2.75. The van der Waals surface area contributed by atoms with E-state index < -0.39 is 4.92 Å². The van der Waals surface area contributed by atoms with Gasteiger partial charge in [0, 0.05) is 19.2 Å². The zero-order valence-electron chi connectivity index (χ0n) is 9.80. The molecule has 1 aromatic heterocycles. The van der Waals surface area contributed by atoms with Crippen molar-refractivity contribution in [1.29, 1.82) is 0 Å². The number of rotatable bonds is 2. The van der Waals surface area contributed by atoms with Gasteiger partial charge in [0.1, 0.15) is 5.82 Å². The molecule has 0 bridgehead atoms. The van der Waals surface area contributed by atoms with Gasteiger partial charge >= 0.3 is 0 Å². The number of nitro groups is 1. The number of aryl methyl sites for hydroxylation is 1. The Bertz CT molecular complexity index is 707. The molecule has 18 heavy (non-hydrogen) atoms. The third kappa shape index (κ3) is 1.68. The van der Waals surface area contributed by atoms with E-state index in [1.807, 2.05) is 0 Å². The summed E-state index contributed by atoms with van der Waals surface area (Å²) in [5.74, 6) is 5.76. The van der Waals surface area contributed by atoms with Crippen molar-refractivity contribution in [2.75, 3.05) is 5.43 Å². The molecule has 0 saturated heterocycles. The lowest BCUT2D eigenvalue weighted by Crippen LogP contribution is -2.22. The number of nitro benzene ring substituents is 1. The normalized spacial score (nSPS) is 10.6. The Labute approximate surface area is 101 Å². The first-order chi connectivity index (χ1) is 8.45. The first kappa shape index (κ1) is 12.0. The first-order valence-electron chi connectivity index (χ1n) is 5.08. The highest BCUT2D eigenvalue weighted by Crippen LogP contribution is 2.25. The number of aromatic nitrogens is 2. The monoisotopic (exact) mass is 249 g/mol. The van der Waals surface area contributed by atoms with Gasteiger partial charge in [-0.1, -0.05) is 0 Å². The molecule has 0 aliphatic heterocycles. The summed E-state index contributed by atoms with van der Waals surface area (Å²) in [6.45, 7) is 1.65. The topological polar surface area (TPSA) is 116 Å². The van der Waals surface area contributed by atoms with Gasteiger partial charge in [-0.3, -0.25) is 25.3 Å². The van der Waals surface area contributed by atoms with Crippen LogP contribution < -0.4 is 16.8 Å². The largest absolute Gasteiger partial charge is 0.323 e. The minimum atomic E-state index is -0.561. The number of fused-ring (bicyclic) bond motifs is 1. The Hall–Kier alpha value is -2.48. The number of hydrogen-bond acceptors (Lipinski definition) is 6. The van der Waals surface area contributed by atoms with Crippen LogP contribution in [0.1, 0.15) is 5.82 Å². The van der Waals surface area contributed by atoms with Crippen LogP contribution in [-0.4, -0.2) is 14.5 Å². The molecule has 2 rings (SSSR count). The molecule has 1 heterocycles. The fourth-order valence-electron chi connectivity index (χ4n) is 1.71. The van der Waals surface area contributed by atoms with E-state index in [2.05, 4.69) is 10.4 Å². The second kappa shape index (κ2) is 4.08. The van der Waals surface area contributed by atoms with Gasteiger partial charge in [0.05, 0.1) is 21.5 Å². The molecule has 3 N–H and O–H groups in total. The standard InChI is InChI=1S/C10H11N5O3/c1-5-12-7-3-6(15(17)18)4-8(13-11)9(7)10(16)14(5)2/h3-4,13H,11H2,1-2H3. The van der Waals surface area contributed by atoms with Crippen molar-refractivity contribution >= 4 is 22.3 Å². The fourth-order valence-corrected chi connectivity index (χ4v) is 1.71. The average molecular weight is 249 g/mol. The summed E-state index contributed by atoms with van der Waals surface area (Å²) in [5, 5.41) is 11.0. The number of hydrogen-bond donors (Lipinski definition) is 2. The van der Waals surface area contributed by atoms with Crippen LogP contribution in [0.2, 0.25) is 0 Å². The summed E-state index contributed by atoms with van der Waals surface area (Å²) >= 11 is 0. The molecule has 0 radical (unpaired) electrons. The van der Waals surface area contributed by atoms with Crippen molar-refractivity contribution in [1.82, 2.24) is 9.55 Å². The molecule has 0 atom stereocenters. The average Bonchev–Trinajstić information content (AvgIpc) is 2.34. The number of anilines is 1. The molecule has 0 aliphatic carbocycles. The van der Waals surface area contributed by atoms with Gasteiger partial charge < -0.3 is 5.43 Å². The molecule has 1 aromatic carbocycles. The van der Waals surface area contributed by atoms with Crippen LogP contribution in [0.15, 0.2) is 16.9 Å². The van der Waals surface area contributed by atoms with Crippen LogP contribution in [0.25, 0.3) is 10.9 Å². The van der Waals surface area contributed by atoms with Crippen LogP contribution >= 0.6 is 0 Å². The molecule has 8 heteroatoms. The summed E-state index contributed by atoms with van der Waals surface area (Å²) in [4.78, 5) is 26.4. The molecular weight excluding hydrogens is 238 g/mol. The Kier molecular flexibility index (Phi) is 2.71. The van der Waals surface area contributed by atoms with Crippen molar-refractivity contribution in [3.05, 3.63) is 38.4 Å². The van der Waals surface area contributed by atoms with Gasteiger partial charge in [0.15, 0.2) is 0 Å². The Morgan fingerprint density at radius 3 is 2.72 bits per heavy atom. The van der Waals surface area contributed by atoms with Gasteiger partial charge in [0.25, 0.3) is 11.2 Å². The highest BCUT2D eigenvalue weighted by Gasteiger charge is 2.16. The predicted molar refractivity (Wildman–Crippen MR) is 66.2 cm³/mol. The maximum atomic E-state index is 12.1. The van der Waals surface area contributed by atoms with Crippen molar-refractivity contribution in [3.8, 4) is 0 Å². The van der Waals surface area contributed by atoms with Crippen molar-refractivity contribution in [2.24, 2.45) is 12.9 Å². The maximum Gasteiger partial charge on any atom is 0.273 e. The minimum Gasteiger partial charge on any atom is -0.323 e. The van der Waals surface area contributed by atoms with E-state index in [1.165, 1.54) is 16.7 Å². The summed E-state index contributed by atoms with van der Waals surface area (Å²) in [7, 11) is 1.58. The summed E-state index contributed by atoms with van der Waals surface area (Å²) in [6.07, 6.45) is 0. The number of hydrazine groups is 1. The highest BCUT2D eigenvalue weighted by atomic mass is 16.6. The summed E-state index contributed by atoms with van der Waals surface area (Å²) < 4.78 is 1.36. The molecule has 0 saturated carbocycles. The van der Waals surface area contributed by atoms with Gasteiger partial charge in [-0.2, -0.15) is 0 Å². The van der Waals surface area contributed by atoms with Gasteiger partial charge in [-0.15, -0.1) is 0 Å². The van der Waals surface area contributed by atoms with Crippen LogP contribution in [-0.2, 0) is 7.05 Å². The molecule has 0 amide bonds. The minimum absolute atomic E-state index is 0.171. The summed E-state index contributed by atoms with van der Waals surface area (Å²) in [5.41, 5.74) is 2.25. The lowest BCUT2D eigenvalue weighted by atomic mass is 10.2. The molecular formula is C10H11N5O3. The van der Waals surface area contributed by atoms with E-state index in [0.717, 1.165) is 0 Å². The van der Waals surface area contributed by atoms with Gasteiger partial charge in [-0.05, 0) is 6.92 Å². The lowest BCUT2D eigenvalue weighted by Gasteiger charge is -2.08. The number of benzene rings is 1. The number of nitrogens with one attached hydrogen (secondary N) is 1. The molecule has 0 spiro atoms. The summed E-state index contributed by atoms with van der Waals surface area (Å²) in [6, 6.07) is 2.46. The van der Waals surface area contributed by atoms with E-state index in [0.29, 0.717) is 5.82 Å². The zero-order chi connectivity index (χ0) is 13.4. The number of non-ortho nitro benzene ring substituents is 1. The molecule has 0 fully saturated rings. The Balaban J connectivity index is 2.97. The van der Waals surface area contributed by atoms with E-state index in [9.17, 15) is 14.9 Å². The van der Waals surface area contributed by atoms with Gasteiger partial charge in [0.2, 0.25) is 0 Å². The quantitative estimate of drug-likeness (QED) is 0.453. The van der Waals surface area contributed by atoms with E-state index in [1.54, 1.807) is 14.0 Å². The second-order valence-electron chi connectivity index (χ2n) is 3.81. The highest BCUT2D eigenvalue weighted by molar-refractivity contribution is 5.92. The Morgan fingerprint density at radius 2 is 2.17 bits per heavy atom. The number of nitrogen functional groups attached to an aromatic ring is 1. The molecule has 8 nitrogen and oxygen atoms in total. The SMILES string of the molecule is Cc1nc2cc([N+](=O)[O-])cc(NN)c2c(=O)n1C. The first-order valence-corrected chi connectivity index (χ1v) is 5.08. The van der Waals surface area contributed by atoms with E-state index in [-0.39, 0.29) is 27.8 Å². The number of nitrogens with two attached hydrogens (primary N) is 1. The van der Waals surface area contributed by atoms with Crippen molar-refractivity contribution in [2.45, 2.75) is 6.92 Å². The second-order valence-corrected chi connectivity index (χ2v) is 3.81. The van der Waals surface area contributed by atoms with Crippen LogP contribution in [0.5, 0.6) is 0 Å². The predicted octanol–water partition coefficient (Wildman–Crippen LogP) is 0.436. The van der Waals surface area contributed by atoms with Crippen LogP contribution in [0.3, 0.4) is 0 Å². The van der Waals surface area contributed by atoms with E-state index >= 15 is 0 Å². The molecule has 0 aliphatic rings. The van der Waals surface area contributed by atoms with E-state index in [4.69, 9.17) is 5.84 Å². The van der Waals surface area contributed by atoms with Crippen LogP contribution in [0.4, 0.5) is 11.4 Å². The van der Waals surface area contributed by atoms with Gasteiger partial charge in [-0.25, -0.2) is 4.98 Å². The number of nitrogens with zero attached hydrogens (tertiary/aromatic N) is 3. The van der Waals surface area contributed by atoms with Crippen molar-refractivity contribution in [3.63, 3.8) is 0 Å². The molecule has 0 unspecified atom stereocenters. The lowest BCUT2D eigenvalue weighted by molar-refractivity contribution is -0.384. The zero-order valence-corrected chi connectivity index (χ0v) is 9.80. The fraction of sp³-hybridized carbons (Fsp3) is 0.200. The maximum absolute atomic E-state index is 12.1.